The molecule has 0 bridgehead atoms. The molecule has 0 unspecified atom stereocenters. The van der Waals surface area contributed by atoms with E-state index in [-0.39, 0.29) is 47.4 Å². The lowest BCUT2D eigenvalue weighted by Crippen LogP contribution is -2.19. The van der Waals surface area contributed by atoms with Crippen molar-refractivity contribution in [3.8, 4) is 11.5 Å². The van der Waals surface area contributed by atoms with E-state index in [4.69, 9.17) is 9.47 Å². The number of cyclic esters (lactones) is 1. The predicted molar refractivity (Wildman–Crippen MR) is 85.0 cm³/mol. The van der Waals surface area contributed by atoms with E-state index >= 15 is 0 Å². The minimum absolute atomic E-state index is 0.0627. The van der Waals surface area contributed by atoms with E-state index in [9.17, 15) is 19.8 Å². The minimum Gasteiger partial charge on any atom is -0.508 e. The Balaban J connectivity index is 1.92. The van der Waals surface area contributed by atoms with Crippen molar-refractivity contribution < 1.29 is 29.3 Å². The van der Waals surface area contributed by atoms with Gasteiger partial charge in [0.2, 0.25) is 0 Å². The zero-order valence-corrected chi connectivity index (χ0v) is 13.4. The molecule has 0 radical (unpaired) electrons. The van der Waals surface area contributed by atoms with Crippen molar-refractivity contribution in [3.63, 3.8) is 0 Å². The third kappa shape index (κ3) is 3.76. The number of esters is 1. The molecule has 2 aliphatic rings. The third-order valence-corrected chi connectivity index (χ3v) is 4.23. The van der Waals surface area contributed by atoms with E-state index in [1.54, 1.807) is 13.0 Å². The summed E-state index contributed by atoms with van der Waals surface area (Å²) in [5.41, 5.74) is 0.170. The van der Waals surface area contributed by atoms with Crippen LogP contribution >= 0.6 is 0 Å². The number of phenols is 2. The van der Waals surface area contributed by atoms with Gasteiger partial charge in [-0.1, -0.05) is 6.08 Å². The van der Waals surface area contributed by atoms with Gasteiger partial charge in [-0.2, -0.15) is 0 Å². The Bertz CT molecular complexity index is 693. The number of ether oxygens (including phenoxy) is 2. The number of fused-ring (bicyclic) bond motifs is 2. The Labute approximate surface area is 139 Å². The molecule has 0 amide bonds. The van der Waals surface area contributed by atoms with Crippen LogP contribution in [-0.4, -0.2) is 40.3 Å². The third-order valence-electron chi connectivity index (χ3n) is 4.23. The molecule has 0 spiro atoms. The maximum Gasteiger partial charge on any atom is 0.342 e. The summed E-state index contributed by atoms with van der Waals surface area (Å²) in [6, 6.07) is 2.37. The van der Waals surface area contributed by atoms with Gasteiger partial charge in [-0.25, -0.2) is 4.79 Å². The van der Waals surface area contributed by atoms with Crippen molar-refractivity contribution in [3.05, 3.63) is 35.4 Å². The fourth-order valence-electron chi connectivity index (χ4n) is 3.02. The van der Waals surface area contributed by atoms with Crippen LogP contribution in [0.3, 0.4) is 0 Å². The summed E-state index contributed by atoms with van der Waals surface area (Å²) in [5, 5.41) is 19.7. The van der Waals surface area contributed by atoms with Crippen molar-refractivity contribution >= 4 is 11.8 Å². The number of hydrogen-bond donors (Lipinski definition) is 2. The monoisotopic (exact) mass is 332 g/mol. The maximum absolute atomic E-state index is 12.4. The van der Waals surface area contributed by atoms with Crippen LogP contribution in [0.4, 0.5) is 0 Å². The summed E-state index contributed by atoms with van der Waals surface area (Å²) in [6.45, 7) is 1.77. The molecule has 6 nitrogen and oxygen atoms in total. The van der Waals surface area contributed by atoms with Gasteiger partial charge in [0.1, 0.15) is 23.2 Å². The molecular formula is C18H20O6. The molecule has 3 rings (SSSR count). The van der Waals surface area contributed by atoms with Crippen molar-refractivity contribution in [2.24, 2.45) is 0 Å². The number of aromatic hydroxyl groups is 2. The summed E-state index contributed by atoms with van der Waals surface area (Å²) >= 11 is 0. The highest BCUT2D eigenvalue weighted by molar-refractivity contribution is 5.98. The first-order valence-electron chi connectivity index (χ1n) is 8.04. The fraction of sp³-hybridized carbons (Fsp3) is 0.444. The standard InChI is InChI=1S/C18H20O6/c1-10-6-16-15(24-16)5-3-2-4-12(19)7-11-8-13(20)9-14(21)17(11)18(22)23-10/h2,4,8-10,15-16,20-21H,3,5-7H2,1H3/b4-2+/t10-,15-,16-/m1/s1. The largest absolute Gasteiger partial charge is 0.508 e. The normalized spacial score (nSPS) is 29.0. The Kier molecular flexibility index (Phi) is 4.57. The average molecular weight is 332 g/mol. The number of allylic oxidation sites excluding steroid dienone is 2. The highest BCUT2D eigenvalue weighted by Crippen LogP contribution is 2.33. The van der Waals surface area contributed by atoms with Gasteiger partial charge in [-0.05, 0) is 37.5 Å². The van der Waals surface area contributed by atoms with E-state index in [2.05, 4.69) is 0 Å². The van der Waals surface area contributed by atoms with Crippen LogP contribution in [0.5, 0.6) is 11.5 Å². The Morgan fingerprint density at radius 3 is 2.75 bits per heavy atom. The molecule has 2 heterocycles. The smallest absolute Gasteiger partial charge is 0.342 e. The number of benzene rings is 1. The van der Waals surface area contributed by atoms with Crippen LogP contribution < -0.4 is 0 Å². The molecule has 1 aromatic rings. The van der Waals surface area contributed by atoms with Gasteiger partial charge in [0.25, 0.3) is 0 Å². The van der Waals surface area contributed by atoms with Gasteiger partial charge in [0.05, 0.1) is 12.2 Å². The van der Waals surface area contributed by atoms with Crippen molar-refractivity contribution in [1.29, 1.82) is 0 Å². The summed E-state index contributed by atoms with van der Waals surface area (Å²) < 4.78 is 10.9. The molecule has 0 saturated carbocycles. The number of rotatable bonds is 0. The predicted octanol–water partition coefficient (Wildman–Crippen LogP) is 2.26. The number of carbonyl (C=O) groups excluding carboxylic acids is 2. The minimum atomic E-state index is -0.707. The van der Waals surface area contributed by atoms with Crippen LogP contribution in [0.15, 0.2) is 24.3 Å². The number of ketones is 1. The molecule has 1 saturated heterocycles. The summed E-state index contributed by atoms with van der Waals surface area (Å²) in [7, 11) is 0. The molecule has 24 heavy (non-hydrogen) atoms. The first kappa shape index (κ1) is 16.5. The zero-order valence-electron chi connectivity index (χ0n) is 13.4. The molecular weight excluding hydrogens is 312 g/mol. The summed E-state index contributed by atoms with van der Waals surface area (Å²) in [6.07, 6.45) is 5.14. The number of epoxide rings is 1. The second-order valence-electron chi connectivity index (χ2n) is 6.29. The number of hydrogen-bond acceptors (Lipinski definition) is 6. The molecule has 1 fully saturated rings. The Morgan fingerprint density at radius 2 is 1.96 bits per heavy atom. The molecule has 128 valence electrons. The summed E-state index contributed by atoms with van der Waals surface area (Å²) in [5.74, 6) is -1.53. The number of phenolic OH excluding ortho intramolecular Hbond substituents is 2. The van der Waals surface area contributed by atoms with E-state index in [1.807, 2.05) is 0 Å². The van der Waals surface area contributed by atoms with Crippen LogP contribution in [0.2, 0.25) is 0 Å². The lowest BCUT2D eigenvalue weighted by Gasteiger charge is -2.15. The Hall–Kier alpha value is -2.34. The van der Waals surface area contributed by atoms with Crippen LogP contribution in [0, 0.1) is 0 Å². The van der Waals surface area contributed by atoms with Crippen LogP contribution in [-0.2, 0) is 20.7 Å². The van der Waals surface area contributed by atoms with Gasteiger partial charge in [-0.3, -0.25) is 4.79 Å². The first-order chi connectivity index (χ1) is 11.4. The van der Waals surface area contributed by atoms with E-state index in [0.717, 1.165) is 18.9 Å². The SMILES string of the molecule is C[C@@H]1C[C@H]2O[C@@H]2CC/C=C/C(=O)Cc2cc(O)cc(O)c2C(=O)O1. The van der Waals surface area contributed by atoms with E-state index in [1.165, 1.54) is 12.1 Å². The van der Waals surface area contributed by atoms with E-state index in [0.29, 0.717) is 6.42 Å². The van der Waals surface area contributed by atoms with Gasteiger partial charge in [0, 0.05) is 18.9 Å². The average Bonchev–Trinajstić information content (AvgIpc) is 3.19. The highest BCUT2D eigenvalue weighted by atomic mass is 16.6. The van der Waals surface area contributed by atoms with Gasteiger partial charge in [-0.15, -0.1) is 0 Å². The molecule has 2 aliphatic heterocycles. The van der Waals surface area contributed by atoms with E-state index < -0.39 is 11.7 Å². The molecule has 0 aliphatic carbocycles. The topological polar surface area (TPSA) is 96.4 Å². The first-order valence-corrected chi connectivity index (χ1v) is 8.04. The van der Waals surface area contributed by atoms with Gasteiger partial charge < -0.3 is 19.7 Å². The Morgan fingerprint density at radius 1 is 1.17 bits per heavy atom. The molecule has 2 N–H and O–H groups in total. The highest BCUT2D eigenvalue weighted by Gasteiger charge is 2.39. The lowest BCUT2D eigenvalue weighted by molar-refractivity contribution is -0.114. The fourth-order valence-corrected chi connectivity index (χ4v) is 3.02. The number of carbonyl (C=O) groups is 2. The molecule has 1 aromatic carbocycles. The van der Waals surface area contributed by atoms with Crippen LogP contribution in [0.25, 0.3) is 0 Å². The lowest BCUT2D eigenvalue weighted by atomic mass is 9.99. The zero-order chi connectivity index (χ0) is 17.3. The second-order valence-corrected chi connectivity index (χ2v) is 6.29. The van der Waals surface area contributed by atoms with Crippen LogP contribution in [0.1, 0.15) is 42.1 Å². The molecule has 0 aromatic heterocycles. The quantitative estimate of drug-likeness (QED) is 0.559. The van der Waals surface area contributed by atoms with Crippen molar-refractivity contribution in [1.82, 2.24) is 0 Å². The van der Waals surface area contributed by atoms with Gasteiger partial charge in [0.15, 0.2) is 5.78 Å². The molecule has 6 heteroatoms. The molecule has 3 atom stereocenters. The maximum atomic E-state index is 12.4. The van der Waals surface area contributed by atoms with Crippen molar-refractivity contribution in [2.45, 2.75) is 50.9 Å². The van der Waals surface area contributed by atoms with Gasteiger partial charge >= 0.3 is 5.97 Å². The summed E-state index contributed by atoms with van der Waals surface area (Å²) in [4.78, 5) is 24.5. The van der Waals surface area contributed by atoms with Crippen molar-refractivity contribution in [2.75, 3.05) is 0 Å². The second kappa shape index (κ2) is 6.65.